The molecule has 0 aromatic heterocycles. The summed E-state index contributed by atoms with van der Waals surface area (Å²) in [5.74, 6) is 2.15. The maximum atomic E-state index is 10.1. The lowest BCUT2D eigenvalue weighted by atomic mass is 9.85. The molecule has 0 spiro atoms. The molecular weight excluding hydrogens is 184 g/mol. The Morgan fingerprint density at radius 2 is 1.92 bits per heavy atom. The first-order valence-electron chi connectivity index (χ1n) is 5.09. The maximum absolute atomic E-state index is 10.1. The minimum Gasteiger partial charge on any atom is -0.392 e. The molecule has 0 aromatic carbocycles. The van der Waals surface area contributed by atoms with E-state index in [-0.39, 0.29) is 6.10 Å². The Bertz CT molecular complexity index is 157. The van der Waals surface area contributed by atoms with Gasteiger partial charge >= 0.3 is 0 Å². The van der Waals surface area contributed by atoms with E-state index in [2.05, 4.69) is 0 Å². The van der Waals surface area contributed by atoms with Gasteiger partial charge in [-0.05, 0) is 30.9 Å². The minimum absolute atomic E-state index is 0.199. The van der Waals surface area contributed by atoms with Gasteiger partial charge in [0, 0.05) is 5.75 Å². The molecule has 1 aliphatic heterocycles. The van der Waals surface area contributed by atoms with E-state index in [1.807, 2.05) is 13.8 Å². The first-order chi connectivity index (χ1) is 6.11. The van der Waals surface area contributed by atoms with Crippen LogP contribution >= 0.6 is 11.8 Å². The third-order valence-corrected chi connectivity index (χ3v) is 4.36. The number of hydrogen-bond donors (Lipinski definition) is 2. The zero-order valence-corrected chi connectivity index (χ0v) is 9.31. The third kappa shape index (κ3) is 2.86. The maximum Gasteiger partial charge on any atom is 0.0667 e. The second-order valence-corrected chi connectivity index (χ2v) is 5.08. The second-order valence-electron chi connectivity index (χ2n) is 4.00. The van der Waals surface area contributed by atoms with Crippen molar-refractivity contribution in [1.29, 1.82) is 0 Å². The van der Waals surface area contributed by atoms with E-state index in [9.17, 15) is 10.2 Å². The van der Waals surface area contributed by atoms with Crippen LogP contribution in [0.25, 0.3) is 0 Å². The zero-order chi connectivity index (χ0) is 9.90. The summed E-state index contributed by atoms with van der Waals surface area (Å²) in [6.45, 7) is 4.02. The molecule has 1 heterocycles. The lowest BCUT2D eigenvalue weighted by molar-refractivity contribution is -0.00683. The van der Waals surface area contributed by atoms with Crippen LogP contribution in [0.1, 0.15) is 33.1 Å². The van der Waals surface area contributed by atoms with E-state index in [4.69, 9.17) is 0 Å². The fourth-order valence-corrected chi connectivity index (χ4v) is 3.10. The average Bonchev–Trinajstić information content (AvgIpc) is 2.52. The van der Waals surface area contributed by atoms with Gasteiger partial charge in [-0.25, -0.2) is 0 Å². The molecule has 1 fully saturated rings. The first-order valence-corrected chi connectivity index (χ1v) is 6.25. The predicted octanol–water partition coefficient (Wildman–Crippen LogP) is 1.65. The van der Waals surface area contributed by atoms with E-state index in [0.29, 0.717) is 5.92 Å². The molecule has 78 valence electrons. The monoisotopic (exact) mass is 204 g/mol. The van der Waals surface area contributed by atoms with Crippen LogP contribution in [0.2, 0.25) is 0 Å². The van der Waals surface area contributed by atoms with Gasteiger partial charge in [0.1, 0.15) is 0 Å². The highest BCUT2D eigenvalue weighted by Gasteiger charge is 2.33. The van der Waals surface area contributed by atoms with Crippen molar-refractivity contribution in [2.24, 2.45) is 5.92 Å². The van der Waals surface area contributed by atoms with E-state index >= 15 is 0 Å². The van der Waals surface area contributed by atoms with E-state index < -0.39 is 5.60 Å². The Morgan fingerprint density at radius 1 is 1.31 bits per heavy atom. The van der Waals surface area contributed by atoms with Crippen molar-refractivity contribution in [2.45, 2.75) is 44.8 Å². The van der Waals surface area contributed by atoms with E-state index in [0.717, 1.165) is 30.8 Å². The molecule has 1 saturated heterocycles. The summed E-state index contributed by atoms with van der Waals surface area (Å²) in [4.78, 5) is 0. The summed E-state index contributed by atoms with van der Waals surface area (Å²) in [6, 6.07) is 0. The van der Waals surface area contributed by atoms with Gasteiger partial charge in [-0.15, -0.1) is 0 Å². The molecule has 13 heavy (non-hydrogen) atoms. The van der Waals surface area contributed by atoms with Crippen molar-refractivity contribution in [2.75, 3.05) is 11.5 Å². The van der Waals surface area contributed by atoms with Gasteiger partial charge in [0.15, 0.2) is 0 Å². The average molecular weight is 204 g/mol. The smallest absolute Gasteiger partial charge is 0.0667 e. The summed E-state index contributed by atoms with van der Waals surface area (Å²) in [5, 5.41) is 19.7. The summed E-state index contributed by atoms with van der Waals surface area (Å²) in [5.41, 5.74) is -0.545. The van der Waals surface area contributed by atoms with Crippen LogP contribution in [0, 0.1) is 5.92 Å². The van der Waals surface area contributed by atoms with Gasteiger partial charge in [0.05, 0.1) is 11.7 Å². The van der Waals surface area contributed by atoms with Gasteiger partial charge in [-0.1, -0.05) is 13.8 Å². The molecule has 2 N–H and O–H groups in total. The number of thioether (sulfide) groups is 1. The van der Waals surface area contributed by atoms with Crippen LogP contribution in [-0.2, 0) is 0 Å². The molecule has 0 amide bonds. The zero-order valence-electron chi connectivity index (χ0n) is 8.49. The topological polar surface area (TPSA) is 40.5 Å². The van der Waals surface area contributed by atoms with Crippen LogP contribution in [0.4, 0.5) is 0 Å². The van der Waals surface area contributed by atoms with Crippen LogP contribution < -0.4 is 0 Å². The van der Waals surface area contributed by atoms with Gasteiger partial charge in [0.25, 0.3) is 0 Å². The van der Waals surface area contributed by atoms with Crippen LogP contribution in [0.5, 0.6) is 0 Å². The Kier molecular flexibility index (Phi) is 4.07. The van der Waals surface area contributed by atoms with Crippen LogP contribution in [-0.4, -0.2) is 33.4 Å². The lowest BCUT2D eigenvalue weighted by Gasteiger charge is -2.29. The van der Waals surface area contributed by atoms with Crippen molar-refractivity contribution in [3.63, 3.8) is 0 Å². The van der Waals surface area contributed by atoms with E-state index in [1.54, 1.807) is 11.8 Å². The Morgan fingerprint density at radius 3 is 2.31 bits per heavy atom. The number of aliphatic hydroxyl groups excluding tert-OH is 1. The van der Waals surface area contributed by atoms with Crippen LogP contribution in [0.3, 0.4) is 0 Å². The second kappa shape index (κ2) is 4.67. The molecule has 0 aliphatic carbocycles. The SMILES string of the molecule is CCC(O)(CC)CC1CSCC1O. The largest absolute Gasteiger partial charge is 0.392 e. The summed E-state index contributed by atoms with van der Waals surface area (Å²) < 4.78 is 0. The highest BCUT2D eigenvalue weighted by atomic mass is 32.2. The molecular formula is C10H20O2S. The quantitative estimate of drug-likeness (QED) is 0.731. The lowest BCUT2D eigenvalue weighted by Crippen LogP contribution is -2.33. The van der Waals surface area contributed by atoms with Crippen molar-refractivity contribution in [1.82, 2.24) is 0 Å². The Balaban J connectivity index is 2.45. The molecule has 0 aromatic rings. The van der Waals surface area contributed by atoms with Gasteiger partial charge in [-0.3, -0.25) is 0 Å². The molecule has 1 aliphatic rings. The Hall–Kier alpha value is 0.270. The molecule has 2 atom stereocenters. The normalized spacial score (nSPS) is 29.5. The summed E-state index contributed by atoms with van der Waals surface area (Å²) >= 11 is 1.79. The molecule has 0 bridgehead atoms. The first kappa shape index (κ1) is 11.3. The number of aliphatic hydroxyl groups is 2. The standard InChI is InChI=1S/C10H20O2S/c1-3-10(12,4-2)5-8-6-13-7-9(8)11/h8-9,11-12H,3-7H2,1-2H3. The van der Waals surface area contributed by atoms with Crippen LogP contribution in [0.15, 0.2) is 0 Å². The van der Waals surface area contributed by atoms with Crippen molar-refractivity contribution in [3.8, 4) is 0 Å². The fraction of sp³-hybridized carbons (Fsp3) is 1.00. The highest BCUT2D eigenvalue weighted by Crippen LogP contribution is 2.33. The molecule has 0 radical (unpaired) electrons. The summed E-state index contributed by atoms with van der Waals surface area (Å²) in [6.07, 6.45) is 2.14. The minimum atomic E-state index is -0.545. The van der Waals surface area contributed by atoms with E-state index in [1.165, 1.54) is 0 Å². The van der Waals surface area contributed by atoms with Gasteiger partial charge in [0.2, 0.25) is 0 Å². The fourth-order valence-electron chi connectivity index (χ4n) is 1.81. The Labute approximate surface area is 84.7 Å². The summed E-state index contributed by atoms with van der Waals surface area (Å²) in [7, 11) is 0. The van der Waals surface area contributed by atoms with Crippen molar-refractivity contribution in [3.05, 3.63) is 0 Å². The molecule has 2 unspecified atom stereocenters. The third-order valence-electron chi connectivity index (χ3n) is 3.12. The molecule has 2 nitrogen and oxygen atoms in total. The number of rotatable bonds is 4. The molecule has 0 saturated carbocycles. The highest BCUT2D eigenvalue weighted by molar-refractivity contribution is 7.99. The molecule has 1 rings (SSSR count). The van der Waals surface area contributed by atoms with Crippen molar-refractivity contribution < 1.29 is 10.2 Å². The van der Waals surface area contributed by atoms with Gasteiger partial charge in [-0.2, -0.15) is 11.8 Å². The van der Waals surface area contributed by atoms with Gasteiger partial charge < -0.3 is 10.2 Å². The molecule has 3 heteroatoms. The predicted molar refractivity (Wildman–Crippen MR) is 57.0 cm³/mol. The van der Waals surface area contributed by atoms with Crippen molar-refractivity contribution >= 4 is 11.8 Å². The number of hydrogen-bond acceptors (Lipinski definition) is 3.